The number of hydrogen-bond acceptors (Lipinski definition) is 14. The molecule has 6 fully saturated rings. The molecule has 21 atom stereocenters. The van der Waals surface area contributed by atoms with Crippen LogP contribution in [0.25, 0.3) is 0 Å². The Bertz CT molecular complexity index is 1470. The van der Waals surface area contributed by atoms with E-state index in [1.54, 1.807) is 6.92 Å². The Kier molecular flexibility index (Phi) is 10.7. The third-order valence-corrected chi connectivity index (χ3v) is 17.3. The first-order chi connectivity index (χ1) is 25.5. The first kappa shape index (κ1) is 42.3. The molecule has 0 spiro atoms. The monoisotopic (exact) mass is 784 g/mol. The van der Waals surface area contributed by atoms with Crippen molar-refractivity contribution in [3.8, 4) is 0 Å². The summed E-state index contributed by atoms with van der Waals surface area (Å²) in [5.41, 5.74) is -3.17. The van der Waals surface area contributed by atoms with Gasteiger partial charge in [-0.25, -0.2) is 0 Å². The molecule has 14 heteroatoms. The van der Waals surface area contributed by atoms with E-state index < -0.39 is 119 Å². The van der Waals surface area contributed by atoms with Gasteiger partial charge in [0.05, 0.1) is 55.3 Å². The van der Waals surface area contributed by atoms with Gasteiger partial charge >= 0.3 is 0 Å². The van der Waals surface area contributed by atoms with Gasteiger partial charge in [0, 0.05) is 5.41 Å². The van der Waals surface area contributed by atoms with E-state index in [2.05, 4.69) is 40.7 Å². The molecule has 21 unspecified atom stereocenters. The van der Waals surface area contributed by atoms with Crippen molar-refractivity contribution in [1.29, 1.82) is 0 Å². The molecule has 0 amide bonds. The van der Waals surface area contributed by atoms with Gasteiger partial charge in [-0.15, -0.1) is 0 Å². The summed E-state index contributed by atoms with van der Waals surface area (Å²) < 4.78 is 23.9. The van der Waals surface area contributed by atoms with Crippen molar-refractivity contribution in [1.82, 2.24) is 0 Å². The first-order valence-corrected chi connectivity index (χ1v) is 20.5. The van der Waals surface area contributed by atoms with Crippen LogP contribution in [0.3, 0.4) is 0 Å². The average Bonchev–Trinajstić information content (AvgIpc) is 3.12. The Morgan fingerprint density at radius 3 is 2.02 bits per heavy atom. The molecule has 7 aliphatic rings. The van der Waals surface area contributed by atoms with Crippen molar-refractivity contribution in [2.45, 2.75) is 180 Å². The number of fused-ring (bicyclic) bond motifs is 7. The molecule has 0 aromatic rings. The second-order valence-corrected chi connectivity index (χ2v) is 20.5. The zero-order valence-corrected chi connectivity index (χ0v) is 33.7. The van der Waals surface area contributed by atoms with E-state index >= 15 is 0 Å². The second-order valence-electron chi connectivity index (χ2n) is 20.5. The fraction of sp³-hybridized carbons (Fsp3) is 0.951. The van der Waals surface area contributed by atoms with Crippen LogP contribution < -0.4 is 0 Å². The molecule has 0 radical (unpaired) electrons. The summed E-state index contributed by atoms with van der Waals surface area (Å²) in [6.45, 7) is 15.6. The molecule has 0 bridgehead atoms. The highest BCUT2D eigenvalue weighted by atomic mass is 16.7. The molecule has 10 N–H and O–H groups in total. The number of rotatable bonds is 5. The molecule has 7 rings (SSSR count). The predicted octanol–water partition coefficient (Wildman–Crippen LogP) is 0.340. The van der Waals surface area contributed by atoms with Crippen LogP contribution >= 0.6 is 0 Å². The number of aliphatic hydroxyl groups excluding tert-OH is 10. The molecule has 2 saturated heterocycles. The Balaban J connectivity index is 1.12. The zero-order valence-electron chi connectivity index (χ0n) is 33.7. The van der Waals surface area contributed by atoms with Crippen molar-refractivity contribution in [3.05, 3.63) is 11.6 Å². The summed E-state index contributed by atoms with van der Waals surface area (Å²) in [5, 5.41) is 111. The highest BCUT2D eigenvalue weighted by Gasteiger charge is 2.75. The molecule has 5 aliphatic carbocycles. The van der Waals surface area contributed by atoms with Gasteiger partial charge in [0.15, 0.2) is 12.6 Å². The Labute approximate surface area is 324 Å². The molecule has 2 heterocycles. The van der Waals surface area contributed by atoms with Gasteiger partial charge in [-0.3, -0.25) is 0 Å². The summed E-state index contributed by atoms with van der Waals surface area (Å²) in [6, 6.07) is 0. The standard InChI is InChI=1S/C41H68O14/c1-18-29(55-34-27(46)25(44)21(43)16-52-34)26(45)28(47)35(53-18)54-24-12-13-38(6)22(37(24,4)5)11-14-39(7)23(38)10-9-19-20-15-36(2,3)30(48)32(50)41(20,17-42)33(51)31(49)40(19,39)8/h9,18,20-35,42-51H,10-17H2,1-8H3. The fourth-order valence-corrected chi connectivity index (χ4v) is 13.7. The molecule has 0 aromatic heterocycles. The van der Waals surface area contributed by atoms with Crippen LogP contribution in [0.4, 0.5) is 0 Å². The lowest BCUT2D eigenvalue weighted by Crippen LogP contribution is -2.76. The van der Waals surface area contributed by atoms with Gasteiger partial charge in [-0.2, -0.15) is 0 Å². The Morgan fingerprint density at radius 2 is 1.36 bits per heavy atom. The van der Waals surface area contributed by atoms with E-state index in [-0.39, 0.29) is 30.0 Å². The second kappa shape index (κ2) is 13.9. The lowest BCUT2D eigenvalue weighted by molar-refractivity contribution is -0.356. The van der Waals surface area contributed by atoms with E-state index in [0.29, 0.717) is 12.8 Å². The highest BCUT2D eigenvalue weighted by Crippen LogP contribution is 2.76. The highest BCUT2D eigenvalue weighted by molar-refractivity contribution is 5.38. The summed E-state index contributed by atoms with van der Waals surface area (Å²) in [7, 11) is 0. The Hall–Kier alpha value is -0.820. The molecule has 55 heavy (non-hydrogen) atoms. The number of hydrogen-bond donors (Lipinski definition) is 10. The lowest BCUT2D eigenvalue weighted by Gasteiger charge is -2.73. The summed E-state index contributed by atoms with van der Waals surface area (Å²) in [5.74, 6) is -0.173. The molecule has 4 saturated carbocycles. The largest absolute Gasteiger partial charge is 0.396 e. The summed E-state index contributed by atoms with van der Waals surface area (Å²) >= 11 is 0. The minimum atomic E-state index is -1.57. The van der Waals surface area contributed by atoms with E-state index in [4.69, 9.17) is 18.9 Å². The third kappa shape index (κ3) is 5.71. The van der Waals surface area contributed by atoms with Crippen LogP contribution in [0.1, 0.15) is 93.9 Å². The molecule has 14 nitrogen and oxygen atoms in total. The molecule has 316 valence electrons. The van der Waals surface area contributed by atoms with Crippen LogP contribution in [-0.4, -0.2) is 150 Å². The number of ether oxygens (including phenoxy) is 4. The van der Waals surface area contributed by atoms with Crippen molar-refractivity contribution in [2.24, 2.45) is 50.2 Å². The van der Waals surface area contributed by atoms with Crippen molar-refractivity contribution in [3.63, 3.8) is 0 Å². The maximum atomic E-state index is 12.3. The molecular formula is C41H68O14. The normalized spacial score (nSPS) is 57.3. The summed E-state index contributed by atoms with van der Waals surface area (Å²) in [6.07, 6.45) is -11.1. The van der Waals surface area contributed by atoms with Gasteiger partial charge in [0.1, 0.15) is 36.6 Å². The number of aliphatic hydroxyl groups is 10. The van der Waals surface area contributed by atoms with Gasteiger partial charge in [-0.1, -0.05) is 60.1 Å². The SMILES string of the molecule is CC1OC(OC2CCC3(C)C(CCC4(C)C3CC=C3C5CC(C)(C)C(O)C(O)C5(CO)C(O)C(O)C34C)C2(C)C)C(O)C(O)C1OC1OCC(O)C(O)C1O. The van der Waals surface area contributed by atoms with Gasteiger partial charge in [0.2, 0.25) is 0 Å². The maximum absolute atomic E-state index is 12.3. The lowest BCUT2D eigenvalue weighted by atomic mass is 9.32. The van der Waals surface area contributed by atoms with Crippen LogP contribution in [0.15, 0.2) is 11.6 Å². The van der Waals surface area contributed by atoms with E-state index in [1.807, 2.05) is 13.8 Å². The van der Waals surface area contributed by atoms with Crippen LogP contribution in [0, 0.1) is 50.2 Å². The van der Waals surface area contributed by atoms with Crippen LogP contribution in [0.2, 0.25) is 0 Å². The molecule has 2 aliphatic heterocycles. The van der Waals surface area contributed by atoms with Crippen LogP contribution in [-0.2, 0) is 18.9 Å². The quantitative estimate of drug-likeness (QED) is 0.134. The van der Waals surface area contributed by atoms with Crippen molar-refractivity contribution >= 4 is 0 Å². The van der Waals surface area contributed by atoms with E-state index in [0.717, 1.165) is 31.3 Å². The first-order valence-electron chi connectivity index (χ1n) is 20.5. The number of allylic oxidation sites excluding steroid dienone is 1. The Morgan fingerprint density at radius 1 is 0.727 bits per heavy atom. The van der Waals surface area contributed by atoms with E-state index in [1.165, 1.54) is 0 Å². The van der Waals surface area contributed by atoms with Crippen molar-refractivity contribution < 1.29 is 70.0 Å². The zero-order chi connectivity index (χ0) is 40.6. The van der Waals surface area contributed by atoms with Crippen LogP contribution in [0.5, 0.6) is 0 Å². The molecular weight excluding hydrogens is 716 g/mol. The average molecular weight is 785 g/mol. The topological polar surface area (TPSA) is 239 Å². The van der Waals surface area contributed by atoms with E-state index in [9.17, 15) is 51.1 Å². The minimum Gasteiger partial charge on any atom is -0.396 e. The summed E-state index contributed by atoms with van der Waals surface area (Å²) in [4.78, 5) is 0. The van der Waals surface area contributed by atoms with Gasteiger partial charge < -0.3 is 70.0 Å². The van der Waals surface area contributed by atoms with Gasteiger partial charge in [0.25, 0.3) is 0 Å². The van der Waals surface area contributed by atoms with Gasteiger partial charge in [-0.05, 0) is 84.9 Å². The predicted molar refractivity (Wildman–Crippen MR) is 196 cm³/mol. The third-order valence-electron chi connectivity index (χ3n) is 17.3. The molecule has 0 aromatic carbocycles. The maximum Gasteiger partial charge on any atom is 0.186 e. The minimum absolute atomic E-state index is 0.108. The van der Waals surface area contributed by atoms with Crippen molar-refractivity contribution in [2.75, 3.05) is 13.2 Å². The fourth-order valence-electron chi connectivity index (χ4n) is 13.7. The smallest absolute Gasteiger partial charge is 0.186 e.